The molecule has 9 heteroatoms. The van der Waals surface area contributed by atoms with Gasteiger partial charge >= 0.3 is 6.98 Å². The highest BCUT2D eigenvalue weighted by Crippen LogP contribution is 2.16. The van der Waals surface area contributed by atoms with Gasteiger partial charge in [0.2, 0.25) is 11.9 Å². The Kier molecular flexibility index (Phi) is 2.42. The lowest BCUT2D eigenvalue weighted by atomic mass is 9.80. The molecule has 78 valence electrons. The topological polar surface area (TPSA) is 12.9 Å². The molecule has 0 aromatic carbocycles. The largest absolute Gasteiger partial charge is 0.515 e. The number of pyridine rings is 1. The van der Waals surface area contributed by atoms with Crippen LogP contribution in [0.2, 0.25) is 0 Å². The molecule has 1 heterocycles. The summed E-state index contributed by atoms with van der Waals surface area (Å²) in [6.45, 7) is -6.16. The van der Waals surface area contributed by atoms with E-state index in [4.69, 9.17) is 0 Å². The molecule has 0 spiro atoms. The summed E-state index contributed by atoms with van der Waals surface area (Å²) in [5, 5.41) is 0. The summed E-state index contributed by atoms with van der Waals surface area (Å²) >= 11 is 0. The predicted molar refractivity (Wildman–Crippen MR) is 32.8 cm³/mol. The highest BCUT2D eigenvalue weighted by Gasteiger charge is 2.36. The van der Waals surface area contributed by atoms with E-state index in [-0.39, 0.29) is 0 Å². The van der Waals surface area contributed by atoms with Crippen molar-refractivity contribution in [1.82, 2.24) is 4.98 Å². The van der Waals surface area contributed by atoms with Gasteiger partial charge in [0.05, 0.1) is 0 Å². The zero-order valence-corrected chi connectivity index (χ0v) is 6.17. The molecular formula is C5BF7N-. The molecule has 0 aliphatic carbocycles. The number of hydrogen-bond donors (Lipinski definition) is 0. The standard InChI is InChI=1S/C5BF7N/c7-2-1(6(11,12)13)3(8)5(10)14-4(2)9/q-1. The third-order valence-electron chi connectivity index (χ3n) is 1.36. The van der Waals surface area contributed by atoms with Crippen molar-refractivity contribution in [3.8, 4) is 0 Å². The summed E-state index contributed by atoms with van der Waals surface area (Å²) in [5.41, 5.74) is -2.56. The van der Waals surface area contributed by atoms with Gasteiger partial charge in [0.25, 0.3) is 0 Å². The van der Waals surface area contributed by atoms with Gasteiger partial charge in [0.15, 0.2) is 11.6 Å². The zero-order valence-electron chi connectivity index (χ0n) is 6.17. The first-order valence-electron chi connectivity index (χ1n) is 3.15. The van der Waals surface area contributed by atoms with Crippen LogP contribution >= 0.6 is 0 Å². The van der Waals surface area contributed by atoms with E-state index in [1.165, 1.54) is 0 Å². The van der Waals surface area contributed by atoms with Gasteiger partial charge in [-0.3, -0.25) is 0 Å². The van der Waals surface area contributed by atoms with Crippen LogP contribution < -0.4 is 5.46 Å². The number of nitrogens with zero attached hydrogens (tertiary/aromatic N) is 1. The van der Waals surface area contributed by atoms with Crippen LogP contribution in [0.4, 0.5) is 30.5 Å². The highest BCUT2D eigenvalue weighted by molar-refractivity contribution is 6.73. The molecule has 0 aliphatic rings. The van der Waals surface area contributed by atoms with E-state index in [0.29, 0.717) is 0 Å². The van der Waals surface area contributed by atoms with Crippen molar-refractivity contribution in [2.45, 2.75) is 0 Å². The lowest BCUT2D eigenvalue weighted by Gasteiger charge is -2.16. The lowest BCUT2D eigenvalue weighted by molar-refractivity contribution is 0.402. The molecule has 1 aromatic rings. The molecule has 0 aliphatic heterocycles. The first kappa shape index (κ1) is 10.8. The van der Waals surface area contributed by atoms with E-state index in [1.54, 1.807) is 0 Å². The minimum Gasteiger partial charge on any atom is -0.445 e. The van der Waals surface area contributed by atoms with Crippen LogP contribution in [0.25, 0.3) is 0 Å². The second kappa shape index (κ2) is 3.14. The van der Waals surface area contributed by atoms with Gasteiger partial charge in [-0.2, -0.15) is 13.8 Å². The third kappa shape index (κ3) is 1.66. The Balaban J connectivity index is 3.56. The first-order valence-corrected chi connectivity index (χ1v) is 3.15. The summed E-state index contributed by atoms with van der Waals surface area (Å²) in [4.78, 5) is 1.97. The van der Waals surface area contributed by atoms with Crippen molar-refractivity contribution in [2.24, 2.45) is 0 Å². The quantitative estimate of drug-likeness (QED) is 0.397. The Morgan fingerprint density at radius 3 is 1.43 bits per heavy atom. The Labute approximate surface area is 72.6 Å². The Morgan fingerprint density at radius 2 is 1.14 bits per heavy atom. The minimum absolute atomic E-state index is 1.97. The van der Waals surface area contributed by atoms with E-state index in [2.05, 4.69) is 0 Å². The van der Waals surface area contributed by atoms with E-state index < -0.39 is 36.0 Å². The normalized spacial score (nSPS) is 11.9. The molecule has 1 rings (SSSR count). The Hall–Kier alpha value is -1.28. The van der Waals surface area contributed by atoms with Crippen LogP contribution in [-0.2, 0) is 0 Å². The smallest absolute Gasteiger partial charge is 0.445 e. The van der Waals surface area contributed by atoms with Gasteiger partial charge in [-0.25, -0.2) is 8.78 Å². The van der Waals surface area contributed by atoms with Crippen molar-refractivity contribution in [3.63, 3.8) is 0 Å². The fraction of sp³-hybridized carbons (Fsp3) is 0. The lowest BCUT2D eigenvalue weighted by Crippen LogP contribution is -2.41. The average molecular weight is 218 g/mol. The van der Waals surface area contributed by atoms with Crippen molar-refractivity contribution < 1.29 is 30.5 Å². The molecule has 0 saturated heterocycles. The molecule has 0 N–H and O–H groups in total. The monoisotopic (exact) mass is 218 g/mol. The summed E-state index contributed by atoms with van der Waals surface area (Å²) in [5.74, 6) is -9.70. The summed E-state index contributed by atoms with van der Waals surface area (Å²) < 4.78 is 84.8. The van der Waals surface area contributed by atoms with E-state index in [9.17, 15) is 30.5 Å². The van der Waals surface area contributed by atoms with Crippen LogP contribution in [0.5, 0.6) is 0 Å². The molecule has 14 heavy (non-hydrogen) atoms. The van der Waals surface area contributed by atoms with Crippen molar-refractivity contribution in [3.05, 3.63) is 23.5 Å². The molecule has 0 amide bonds. The number of halogens is 7. The molecule has 0 fully saturated rings. The second-order valence-corrected chi connectivity index (χ2v) is 2.31. The van der Waals surface area contributed by atoms with Crippen molar-refractivity contribution >= 4 is 12.4 Å². The fourth-order valence-corrected chi connectivity index (χ4v) is 0.790. The summed E-state index contributed by atoms with van der Waals surface area (Å²) in [6, 6.07) is 0. The number of aromatic nitrogens is 1. The van der Waals surface area contributed by atoms with Crippen LogP contribution in [-0.4, -0.2) is 12.0 Å². The molecule has 0 unspecified atom stereocenters. The van der Waals surface area contributed by atoms with Crippen LogP contribution in [0, 0.1) is 23.5 Å². The van der Waals surface area contributed by atoms with Gasteiger partial charge in [0.1, 0.15) is 0 Å². The molecule has 1 nitrogen and oxygen atoms in total. The highest BCUT2D eigenvalue weighted by atomic mass is 19.4. The summed E-state index contributed by atoms with van der Waals surface area (Å²) in [6.07, 6.45) is 0. The number of rotatable bonds is 1. The first-order chi connectivity index (χ1) is 6.25. The molecule has 1 aromatic heterocycles. The van der Waals surface area contributed by atoms with E-state index >= 15 is 0 Å². The van der Waals surface area contributed by atoms with Crippen LogP contribution in [0.3, 0.4) is 0 Å². The maximum atomic E-state index is 12.4. The molecule has 0 radical (unpaired) electrons. The predicted octanol–water partition coefficient (Wildman–Crippen LogP) is 1.69. The van der Waals surface area contributed by atoms with Gasteiger partial charge in [-0.1, -0.05) is 0 Å². The van der Waals surface area contributed by atoms with Crippen LogP contribution in [0.15, 0.2) is 0 Å². The maximum absolute atomic E-state index is 12.4. The zero-order chi connectivity index (χ0) is 11.1. The van der Waals surface area contributed by atoms with Gasteiger partial charge < -0.3 is 12.9 Å². The van der Waals surface area contributed by atoms with Crippen molar-refractivity contribution in [2.75, 3.05) is 0 Å². The molecule has 0 atom stereocenters. The van der Waals surface area contributed by atoms with E-state index in [1.807, 2.05) is 4.98 Å². The number of hydrogen-bond acceptors (Lipinski definition) is 1. The Bertz CT molecular complexity index is 347. The summed E-state index contributed by atoms with van der Waals surface area (Å²) in [7, 11) is 0. The molecule has 0 saturated carbocycles. The minimum atomic E-state index is -6.16. The van der Waals surface area contributed by atoms with E-state index in [0.717, 1.165) is 0 Å². The van der Waals surface area contributed by atoms with Crippen molar-refractivity contribution in [1.29, 1.82) is 0 Å². The average Bonchev–Trinajstić information content (AvgIpc) is 1.98. The maximum Gasteiger partial charge on any atom is 0.515 e. The van der Waals surface area contributed by atoms with Gasteiger partial charge in [-0.05, 0) is 5.46 Å². The molecular weight excluding hydrogens is 218 g/mol. The Morgan fingerprint density at radius 1 is 0.786 bits per heavy atom. The SMILES string of the molecule is Fc1nc(F)c(F)c([B-](F)(F)F)c1F. The van der Waals surface area contributed by atoms with Crippen LogP contribution in [0.1, 0.15) is 0 Å². The van der Waals surface area contributed by atoms with Gasteiger partial charge in [0, 0.05) is 0 Å². The molecule has 0 bridgehead atoms. The third-order valence-corrected chi connectivity index (χ3v) is 1.36. The fourth-order valence-electron chi connectivity index (χ4n) is 0.790. The van der Waals surface area contributed by atoms with Gasteiger partial charge in [-0.15, -0.1) is 0 Å². The second-order valence-electron chi connectivity index (χ2n) is 2.31.